The highest BCUT2D eigenvalue weighted by atomic mass is 16.5. The lowest BCUT2D eigenvalue weighted by molar-refractivity contribution is -0.154. The maximum Gasteiger partial charge on any atom is 0.322 e. The zero-order valence-corrected chi connectivity index (χ0v) is 29.1. The number of piperidine rings is 3. The van der Waals surface area contributed by atoms with E-state index in [-0.39, 0.29) is 46.3 Å². The van der Waals surface area contributed by atoms with E-state index in [9.17, 15) is 9.59 Å². The van der Waals surface area contributed by atoms with E-state index in [1.54, 1.807) is 6.92 Å². The Morgan fingerprint density at radius 1 is 0.659 bits per heavy atom. The summed E-state index contributed by atoms with van der Waals surface area (Å²) in [6.45, 7) is 29.7. The van der Waals surface area contributed by atoms with Crippen LogP contribution in [0.4, 0.5) is 0 Å². The number of ether oxygens (including phenoxy) is 2. The van der Waals surface area contributed by atoms with E-state index < -0.39 is 6.04 Å². The number of nitrogens with one attached hydrogen (secondary N) is 3. The summed E-state index contributed by atoms with van der Waals surface area (Å²) < 4.78 is 10.9. The molecular weight excluding hydrogens is 516 g/mol. The van der Waals surface area contributed by atoms with Crippen LogP contribution in [-0.2, 0) is 19.1 Å². The number of hydrogen-bond donors (Lipinski definition) is 4. The van der Waals surface area contributed by atoms with Crippen molar-refractivity contribution in [2.45, 2.75) is 200 Å². The molecule has 0 bridgehead atoms. The van der Waals surface area contributed by atoms with Crippen molar-refractivity contribution in [3.05, 3.63) is 0 Å². The van der Waals surface area contributed by atoms with Gasteiger partial charge in [0.1, 0.15) is 18.2 Å². The van der Waals surface area contributed by atoms with Gasteiger partial charge in [-0.1, -0.05) is 6.92 Å². The highest BCUT2D eigenvalue weighted by molar-refractivity contribution is 5.75. The number of esters is 2. The van der Waals surface area contributed by atoms with Crippen molar-refractivity contribution in [3.8, 4) is 0 Å². The second kappa shape index (κ2) is 14.0. The van der Waals surface area contributed by atoms with E-state index in [1.165, 1.54) is 19.3 Å². The Morgan fingerprint density at radius 2 is 0.976 bits per heavy atom. The Hall–Kier alpha value is -1.22. The molecule has 0 aliphatic carbocycles. The third-order valence-electron chi connectivity index (χ3n) is 7.83. The lowest BCUT2D eigenvalue weighted by Crippen LogP contribution is -2.60. The Morgan fingerprint density at radius 3 is 1.24 bits per heavy atom. The van der Waals surface area contributed by atoms with E-state index >= 15 is 0 Å². The van der Waals surface area contributed by atoms with Crippen LogP contribution in [0.1, 0.15) is 148 Å². The van der Waals surface area contributed by atoms with E-state index in [0.717, 1.165) is 25.7 Å². The summed E-state index contributed by atoms with van der Waals surface area (Å²) in [7, 11) is 0. The molecular formula is C33H66N4O4. The van der Waals surface area contributed by atoms with Gasteiger partial charge in [0, 0.05) is 65.3 Å². The number of carbonyl (C=O) groups excluding carboxylic acids is 2. The second-order valence-corrected chi connectivity index (χ2v) is 16.7. The van der Waals surface area contributed by atoms with Gasteiger partial charge in [-0.3, -0.25) is 9.59 Å². The van der Waals surface area contributed by atoms with Crippen LogP contribution < -0.4 is 21.7 Å². The molecule has 3 aliphatic rings. The number of rotatable bonds is 4. The number of hydrogen-bond acceptors (Lipinski definition) is 8. The van der Waals surface area contributed by atoms with Gasteiger partial charge in [0.05, 0.1) is 0 Å². The summed E-state index contributed by atoms with van der Waals surface area (Å²) in [5.41, 5.74) is 6.29. The Bertz CT molecular complexity index is 815. The molecule has 0 aromatic carbocycles. The molecule has 3 rings (SSSR count). The zero-order chi connectivity index (χ0) is 32.1. The van der Waals surface area contributed by atoms with Gasteiger partial charge in [-0.05, 0) is 109 Å². The molecule has 0 amide bonds. The molecule has 0 spiro atoms. The van der Waals surface area contributed by atoms with Crippen LogP contribution in [0.25, 0.3) is 0 Å². The summed E-state index contributed by atoms with van der Waals surface area (Å²) in [4.78, 5) is 22.7. The summed E-state index contributed by atoms with van der Waals surface area (Å²) in [5, 5.41) is 10.7. The van der Waals surface area contributed by atoms with Crippen LogP contribution in [0.3, 0.4) is 0 Å². The summed E-state index contributed by atoms with van der Waals surface area (Å²) in [6.07, 6.45) is 7.92. The standard InChI is InChI=1S/C12H24N2O2.C12H23NO2.C9H19N/c1-8(13)10(15)16-9-6-11(2,3)14-12(4,5)7-9;1-6-10(14)15-9-7-11(2,3)13-12(4,5)8-9;1-8(2)6-5-7-9(3,4)10-8/h8-9,14H,6-7,13H2,1-5H3;9,13H,6-8H2,1-5H3;10H,5-7H2,1-4H3. The first-order chi connectivity index (χ1) is 18.3. The quantitative estimate of drug-likeness (QED) is 0.310. The van der Waals surface area contributed by atoms with Crippen molar-refractivity contribution in [1.29, 1.82) is 0 Å². The molecule has 41 heavy (non-hydrogen) atoms. The van der Waals surface area contributed by atoms with Crippen LogP contribution in [-0.4, -0.2) is 63.4 Å². The molecule has 5 N–H and O–H groups in total. The fourth-order valence-electron chi connectivity index (χ4n) is 7.18. The van der Waals surface area contributed by atoms with Gasteiger partial charge in [0.15, 0.2) is 0 Å². The van der Waals surface area contributed by atoms with E-state index in [0.29, 0.717) is 17.5 Å². The lowest BCUT2D eigenvalue weighted by Gasteiger charge is -2.46. The van der Waals surface area contributed by atoms with Gasteiger partial charge in [-0.2, -0.15) is 0 Å². The largest absolute Gasteiger partial charge is 0.462 e. The molecule has 0 saturated carbocycles. The average Bonchev–Trinajstić information content (AvgIpc) is 2.68. The maximum atomic E-state index is 11.5. The fraction of sp³-hybridized carbons (Fsp3) is 0.939. The summed E-state index contributed by atoms with van der Waals surface area (Å²) in [6, 6.07) is -0.541. The Kier molecular flexibility index (Phi) is 12.9. The van der Waals surface area contributed by atoms with Gasteiger partial charge in [0.2, 0.25) is 0 Å². The van der Waals surface area contributed by atoms with Crippen molar-refractivity contribution in [2.24, 2.45) is 5.73 Å². The minimum atomic E-state index is -0.541. The number of nitrogens with two attached hydrogens (primary N) is 1. The van der Waals surface area contributed by atoms with Gasteiger partial charge in [0.25, 0.3) is 0 Å². The van der Waals surface area contributed by atoms with Gasteiger partial charge >= 0.3 is 11.9 Å². The summed E-state index contributed by atoms with van der Waals surface area (Å²) in [5.74, 6) is -0.396. The predicted molar refractivity (Wildman–Crippen MR) is 170 cm³/mol. The molecule has 3 aliphatic heterocycles. The molecule has 242 valence electrons. The molecule has 3 saturated heterocycles. The lowest BCUT2D eigenvalue weighted by atomic mass is 9.81. The molecule has 0 aromatic heterocycles. The molecule has 3 heterocycles. The molecule has 0 radical (unpaired) electrons. The minimum absolute atomic E-state index is 0.00939. The predicted octanol–water partition coefficient (Wildman–Crippen LogP) is 5.75. The van der Waals surface area contributed by atoms with Crippen LogP contribution in [0, 0.1) is 0 Å². The molecule has 3 fully saturated rings. The Balaban J connectivity index is 0.000000316. The third-order valence-corrected chi connectivity index (χ3v) is 7.83. The second-order valence-electron chi connectivity index (χ2n) is 16.7. The average molecular weight is 583 g/mol. The highest BCUT2D eigenvalue weighted by Gasteiger charge is 2.40. The van der Waals surface area contributed by atoms with Crippen LogP contribution in [0.5, 0.6) is 0 Å². The topological polar surface area (TPSA) is 115 Å². The van der Waals surface area contributed by atoms with Crippen molar-refractivity contribution in [2.75, 3.05) is 0 Å². The first-order valence-corrected chi connectivity index (χ1v) is 15.8. The fourth-order valence-corrected chi connectivity index (χ4v) is 7.18. The van der Waals surface area contributed by atoms with Crippen LogP contribution in [0.2, 0.25) is 0 Å². The van der Waals surface area contributed by atoms with Crippen LogP contribution >= 0.6 is 0 Å². The van der Waals surface area contributed by atoms with Gasteiger partial charge < -0.3 is 31.2 Å². The first-order valence-electron chi connectivity index (χ1n) is 15.8. The zero-order valence-electron chi connectivity index (χ0n) is 29.1. The molecule has 1 unspecified atom stereocenters. The van der Waals surface area contributed by atoms with E-state index in [4.69, 9.17) is 15.2 Å². The molecule has 0 aromatic rings. The minimum Gasteiger partial charge on any atom is -0.462 e. The number of carbonyl (C=O) groups is 2. The SMILES string of the molecule is CC(N)C(=O)OC1CC(C)(C)NC(C)(C)C1.CC1(C)CCCC(C)(C)N1.CCC(=O)OC1CC(C)(C)NC(C)(C)C1. The van der Waals surface area contributed by atoms with Crippen LogP contribution in [0.15, 0.2) is 0 Å². The van der Waals surface area contributed by atoms with Gasteiger partial charge in [-0.15, -0.1) is 0 Å². The van der Waals surface area contributed by atoms with Crippen molar-refractivity contribution in [1.82, 2.24) is 16.0 Å². The maximum absolute atomic E-state index is 11.5. The first kappa shape index (κ1) is 37.8. The normalized spacial score (nSPS) is 26.6. The van der Waals surface area contributed by atoms with Crippen molar-refractivity contribution >= 4 is 11.9 Å². The molecule has 1 atom stereocenters. The van der Waals surface area contributed by atoms with Gasteiger partial charge in [-0.25, -0.2) is 0 Å². The van der Waals surface area contributed by atoms with Crippen molar-refractivity contribution < 1.29 is 19.1 Å². The highest BCUT2D eigenvalue weighted by Crippen LogP contribution is 2.31. The van der Waals surface area contributed by atoms with E-state index in [1.807, 2.05) is 6.92 Å². The van der Waals surface area contributed by atoms with Crippen molar-refractivity contribution in [3.63, 3.8) is 0 Å². The third kappa shape index (κ3) is 15.2. The molecule has 8 heteroatoms. The summed E-state index contributed by atoms with van der Waals surface area (Å²) >= 11 is 0. The molecule has 8 nitrogen and oxygen atoms in total. The monoisotopic (exact) mass is 583 g/mol. The van der Waals surface area contributed by atoms with E-state index in [2.05, 4.69) is 99.0 Å². The smallest absolute Gasteiger partial charge is 0.322 e. The Labute approximate surface area is 252 Å².